The van der Waals surface area contributed by atoms with E-state index in [4.69, 9.17) is 4.74 Å². The Bertz CT molecular complexity index is 952. The molecular formula is C23H28N4O5. The first-order chi connectivity index (χ1) is 15.5. The third kappa shape index (κ3) is 3.91. The predicted molar refractivity (Wildman–Crippen MR) is 115 cm³/mol. The Hall–Kier alpha value is -2.78. The number of rotatable bonds is 6. The van der Waals surface area contributed by atoms with Gasteiger partial charge in [0.05, 0.1) is 17.2 Å². The number of nitrogens with zero attached hydrogens (tertiary/aromatic N) is 1. The minimum atomic E-state index is -0.954. The van der Waals surface area contributed by atoms with E-state index in [0.717, 1.165) is 50.3 Å². The molecule has 3 fully saturated rings. The van der Waals surface area contributed by atoms with E-state index in [9.17, 15) is 19.2 Å². The summed E-state index contributed by atoms with van der Waals surface area (Å²) in [4.78, 5) is 50.8. The second kappa shape index (κ2) is 8.63. The molecule has 1 saturated carbocycles. The quantitative estimate of drug-likeness (QED) is 0.566. The molecule has 0 bridgehead atoms. The van der Waals surface area contributed by atoms with Crippen molar-refractivity contribution in [2.45, 2.75) is 56.7 Å². The number of fused-ring (bicyclic) bond motifs is 1. The number of hydrogen-bond acceptors (Lipinski definition) is 7. The summed E-state index contributed by atoms with van der Waals surface area (Å²) >= 11 is 0. The van der Waals surface area contributed by atoms with Gasteiger partial charge in [0.25, 0.3) is 11.8 Å². The molecule has 1 aliphatic carbocycles. The van der Waals surface area contributed by atoms with E-state index in [1.165, 1.54) is 0 Å². The molecule has 0 spiro atoms. The fraction of sp³-hybridized carbons (Fsp3) is 0.565. The third-order valence-corrected chi connectivity index (χ3v) is 6.95. The van der Waals surface area contributed by atoms with Crippen LogP contribution in [-0.2, 0) is 14.3 Å². The van der Waals surface area contributed by atoms with Crippen LogP contribution in [0.4, 0.5) is 5.69 Å². The van der Waals surface area contributed by atoms with Gasteiger partial charge >= 0.3 is 0 Å². The fourth-order valence-corrected chi connectivity index (χ4v) is 5.00. The van der Waals surface area contributed by atoms with Gasteiger partial charge in [0.2, 0.25) is 11.8 Å². The monoisotopic (exact) mass is 440 g/mol. The summed E-state index contributed by atoms with van der Waals surface area (Å²) < 4.78 is 6.06. The van der Waals surface area contributed by atoms with Crippen LogP contribution >= 0.6 is 0 Å². The lowest BCUT2D eigenvalue weighted by molar-refractivity contribution is -0.136. The van der Waals surface area contributed by atoms with Gasteiger partial charge in [0.15, 0.2) is 0 Å². The number of amides is 4. The standard InChI is InChI=1S/C23H28N4O5/c28-19-5-4-18(21(29)26-19)27-22(30)16-2-1-3-17(20(16)23(27)31)25-14-10-15(11-14)32-12-13-6-8-24-9-7-13/h1-3,13-15,18,24-25H,4-12H2,(H,26,28,29). The van der Waals surface area contributed by atoms with E-state index in [-0.39, 0.29) is 30.9 Å². The molecule has 0 aromatic heterocycles. The lowest BCUT2D eigenvalue weighted by atomic mass is 9.88. The third-order valence-electron chi connectivity index (χ3n) is 6.95. The van der Waals surface area contributed by atoms with Gasteiger partial charge in [0, 0.05) is 24.8 Å². The molecule has 9 nitrogen and oxygen atoms in total. The molecule has 32 heavy (non-hydrogen) atoms. The number of benzene rings is 1. The lowest BCUT2D eigenvalue weighted by Gasteiger charge is -2.37. The number of nitrogens with one attached hydrogen (secondary N) is 3. The zero-order valence-electron chi connectivity index (χ0n) is 17.9. The minimum Gasteiger partial charge on any atom is -0.381 e. The predicted octanol–water partition coefficient (Wildman–Crippen LogP) is 1.05. The van der Waals surface area contributed by atoms with Crippen LogP contribution in [0, 0.1) is 5.92 Å². The molecule has 4 aliphatic rings. The molecule has 0 radical (unpaired) electrons. The Labute approximate surface area is 186 Å². The summed E-state index contributed by atoms with van der Waals surface area (Å²) in [7, 11) is 0. The molecule has 2 saturated heterocycles. The molecule has 3 heterocycles. The van der Waals surface area contributed by atoms with Crippen molar-refractivity contribution < 1.29 is 23.9 Å². The average Bonchev–Trinajstić information content (AvgIpc) is 3.01. The first-order valence-corrected chi connectivity index (χ1v) is 11.4. The van der Waals surface area contributed by atoms with Crippen molar-refractivity contribution in [3.8, 4) is 0 Å². The summed E-state index contributed by atoms with van der Waals surface area (Å²) in [5, 5.41) is 8.98. The van der Waals surface area contributed by atoms with Gasteiger partial charge in [-0.25, -0.2) is 0 Å². The first-order valence-electron chi connectivity index (χ1n) is 11.4. The highest BCUT2D eigenvalue weighted by molar-refractivity contribution is 6.25. The SMILES string of the molecule is O=C1CCC(N2C(=O)c3cccc(NC4CC(OCC5CCNCC5)C4)c3C2=O)C(=O)N1. The van der Waals surface area contributed by atoms with E-state index in [2.05, 4.69) is 16.0 Å². The van der Waals surface area contributed by atoms with Crippen molar-refractivity contribution in [1.82, 2.24) is 15.5 Å². The van der Waals surface area contributed by atoms with Crippen molar-refractivity contribution >= 4 is 29.3 Å². The van der Waals surface area contributed by atoms with E-state index in [1.54, 1.807) is 18.2 Å². The highest BCUT2D eigenvalue weighted by Gasteiger charge is 2.46. The van der Waals surface area contributed by atoms with E-state index >= 15 is 0 Å². The maximum Gasteiger partial charge on any atom is 0.264 e. The highest BCUT2D eigenvalue weighted by Crippen LogP contribution is 2.35. The number of anilines is 1. The van der Waals surface area contributed by atoms with Crippen molar-refractivity contribution in [3.05, 3.63) is 29.3 Å². The van der Waals surface area contributed by atoms with Gasteiger partial charge in [-0.05, 0) is 63.2 Å². The number of piperidine rings is 2. The zero-order chi connectivity index (χ0) is 22.2. The van der Waals surface area contributed by atoms with Crippen LogP contribution < -0.4 is 16.0 Å². The van der Waals surface area contributed by atoms with Crippen LogP contribution in [0.3, 0.4) is 0 Å². The molecular weight excluding hydrogens is 412 g/mol. The van der Waals surface area contributed by atoms with Crippen LogP contribution in [0.15, 0.2) is 18.2 Å². The number of hydrogen-bond donors (Lipinski definition) is 3. The molecule has 170 valence electrons. The van der Waals surface area contributed by atoms with Crippen LogP contribution in [0.1, 0.15) is 59.2 Å². The Morgan fingerprint density at radius 1 is 1.03 bits per heavy atom. The molecule has 1 unspecified atom stereocenters. The first kappa shape index (κ1) is 21.1. The van der Waals surface area contributed by atoms with Crippen molar-refractivity contribution in [2.24, 2.45) is 5.92 Å². The summed E-state index contributed by atoms with van der Waals surface area (Å²) in [6.45, 7) is 2.92. The molecule has 9 heteroatoms. The zero-order valence-corrected chi connectivity index (χ0v) is 17.9. The summed E-state index contributed by atoms with van der Waals surface area (Å²) in [6, 6.07) is 4.36. The van der Waals surface area contributed by atoms with E-state index < -0.39 is 23.8 Å². The van der Waals surface area contributed by atoms with Gasteiger partial charge in [-0.3, -0.25) is 29.4 Å². The van der Waals surface area contributed by atoms with Crippen molar-refractivity contribution in [1.29, 1.82) is 0 Å². The Morgan fingerprint density at radius 2 is 1.81 bits per heavy atom. The second-order valence-electron chi connectivity index (χ2n) is 9.14. The molecule has 4 amide bonds. The van der Waals surface area contributed by atoms with Gasteiger partial charge in [-0.2, -0.15) is 0 Å². The van der Waals surface area contributed by atoms with Crippen LogP contribution in [-0.4, -0.2) is 66.4 Å². The molecule has 1 aromatic carbocycles. The maximum absolute atomic E-state index is 13.2. The molecule has 1 aromatic rings. The highest BCUT2D eigenvalue weighted by atomic mass is 16.5. The average molecular weight is 441 g/mol. The molecule has 3 aliphatic heterocycles. The van der Waals surface area contributed by atoms with Crippen LogP contribution in [0.25, 0.3) is 0 Å². The van der Waals surface area contributed by atoms with Gasteiger partial charge < -0.3 is 15.4 Å². The minimum absolute atomic E-state index is 0.107. The van der Waals surface area contributed by atoms with Crippen molar-refractivity contribution in [3.63, 3.8) is 0 Å². The summed E-state index contributed by atoms with van der Waals surface area (Å²) in [5.74, 6) is -1.33. The van der Waals surface area contributed by atoms with Crippen LogP contribution in [0.5, 0.6) is 0 Å². The maximum atomic E-state index is 13.2. The molecule has 1 atom stereocenters. The number of carbonyl (C=O) groups excluding carboxylic acids is 4. The largest absolute Gasteiger partial charge is 0.381 e. The molecule has 5 rings (SSSR count). The Kier molecular flexibility index (Phi) is 5.69. The normalized spacial score (nSPS) is 28.4. The molecule has 3 N–H and O–H groups in total. The van der Waals surface area contributed by atoms with E-state index in [0.29, 0.717) is 22.7 Å². The number of carbonyl (C=O) groups is 4. The Morgan fingerprint density at radius 3 is 2.56 bits per heavy atom. The van der Waals surface area contributed by atoms with Crippen molar-refractivity contribution in [2.75, 3.05) is 25.0 Å². The number of imide groups is 2. The van der Waals surface area contributed by atoms with Gasteiger partial charge in [-0.15, -0.1) is 0 Å². The topological polar surface area (TPSA) is 117 Å². The number of ether oxygens (including phenoxy) is 1. The summed E-state index contributed by atoms with van der Waals surface area (Å²) in [5.41, 5.74) is 1.21. The second-order valence-corrected chi connectivity index (χ2v) is 9.14. The van der Waals surface area contributed by atoms with E-state index in [1.807, 2.05) is 0 Å². The fourth-order valence-electron chi connectivity index (χ4n) is 5.00. The van der Waals surface area contributed by atoms with Gasteiger partial charge in [-0.1, -0.05) is 6.07 Å². The Balaban J connectivity index is 1.21. The smallest absolute Gasteiger partial charge is 0.264 e. The van der Waals surface area contributed by atoms with Gasteiger partial charge in [0.1, 0.15) is 6.04 Å². The lowest BCUT2D eigenvalue weighted by Crippen LogP contribution is -2.54. The van der Waals surface area contributed by atoms with Crippen LogP contribution in [0.2, 0.25) is 0 Å². The summed E-state index contributed by atoms with van der Waals surface area (Å²) in [6.07, 6.45) is 4.50.